The monoisotopic (exact) mass is 317 g/mol. The van der Waals surface area contributed by atoms with E-state index in [9.17, 15) is 4.79 Å². The molecule has 3 aromatic rings. The number of amides is 1. The van der Waals surface area contributed by atoms with E-state index in [0.717, 1.165) is 28.8 Å². The van der Waals surface area contributed by atoms with E-state index in [4.69, 9.17) is 0 Å². The molecule has 0 bridgehead atoms. The van der Waals surface area contributed by atoms with Crippen LogP contribution in [0.25, 0.3) is 10.9 Å². The first-order valence-electron chi connectivity index (χ1n) is 8.20. The number of fused-ring (bicyclic) bond motifs is 1. The maximum absolute atomic E-state index is 12.2. The number of carbonyl (C=O) groups is 1. The van der Waals surface area contributed by atoms with Crippen LogP contribution in [0.15, 0.2) is 66.9 Å². The summed E-state index contributed by atoms with van der Waals surface area (Å²) in [7, 11) is 0. The van der Waals surface area contributed by atoms with E-state index in [1.54, 1.807) is 0 Å². The summed E-state index contributed by atoms with van der Waals surface area (Å²) in [6.45, 7) is 2.53. The molecular formula is C21H21N2O. The Hall–Kier alpha value is -2.68. The number of aromatic nitrogens is 1. The van der Waals surface area contributed by atoms with E-state index in [1.165, 1.54) is 5.56 Å². The van der Waals surface area contributed by atoms with Gasteiger partial charge in [-0.1, -0.05) is 48.5 Å². The van der Waals surface area contributed by atoms with Crippen LogP contribution in [0.4, 0.5) is 0 Å². The highest BCUT2D eigenvalue weighted by Gasteiger charge is 2.14. The molecule has 1 N–H and O–H groups in total. The fourth-order valence-corrected chi connectivity index (χ4v) is 2.72. The molecule has 3 rings (SSSR count). The van der Waals surface area contributed by atoms with Crippen LogP contribution < -0.4 is 5.32 Å². The smallest absolute Gasteiger partial charge is 0.227 e. The van der Waals surface area contributed by atoms with Gasteiger partial charge in [0.15, 0.2) is 0 Å². The van der Waals surface area contributed by atoms with Gasteiger partial charge in [-0.3, -0.25) is 9.78 Å². The first-order chi connectivity index (χ1) is 11.7. The highest BCUT2D eigenvalue weighted by Crippen LogP contribution is 2.16. The van der Waals surface area contributed by atoms with E-state index in [1.807, 2.05) is 55.6 Å². The Morgan fingerprint density at radius 1 is 1.00 bits per heavy atom. The third-order valence-corrected chi connectivity index (χ3v) is 4.05. The van der Waals surface area contributed by atoms with Crippen LogP contribution in [-0.2, 0) is 17.6 Å². The minimum atomic E-state index is 0.0130. The molecular weight excluding hydrogens is 296 g/mol. The van der Waals surface area contributed by atoms with Gasteiger partial charge in [-0.05, 0) is 43.0 Å². The summed E-state index contributed by atoms with van der Waals surface area (Å²) < 4.78 is 0. The molecule has 1 heterocycles. The van der Waals surface area contributed by atoms with Crippen molar-refractivity contribution in [3.05, 3.63) is 83.9 Å². The molecule has 0 atom stereocenters. The summed E-state index contributed by atoms with van der Waals surface area (Å²) >= 11 is 0. The number of rotatable bonds is 6. The summed E-state index contributed by atoms with van der Waals surface area (Å²) in [5, 5.41) is 4.10. The molecule has 0 saturated carbocycles. The van der Waals surface area contributed by atoms with Gasteiger partial charge in [0.2, 0.25) is 5.91 Å². The standard InChI is InChI=1S/C21H21N2O/c1-16(21(24)22-12-11-17-7-3-2-4-8-17)13-18-14-19-9-5-6-10-20(19)23-15-18/h2-10,14-15H,11-13H2,1H3,(H,22,24). The molecule has 0 aliphatic heterocycles. The molecule has 24 heavy (non-hydrogen) atoms. The van der Waals surface area contributed by atoms with Gasteiger partial charge in [0.25, 0.3) is 0 Å². The van der Waals surface area contributed by atoms with Gasteiger partial charge in [-0.25, -0.2) is 0 Å². The number of hydrogen-bond donors (Lipinski definition) is 1. The van der Waals surface area contributed by atoms with E-state index < -0.39 is 0 Å². The van der Waals surface area contributed by atoms with Crippen molar-refractivity contribution in [1.29, 1.82) is 0 Å². The zero-order valence-corrected chi connectivity index (χ0v) is 13.8. The third kappa shape index (κ3) is 4.19. The van der Waals surface area contributed by atoms with Gasteiger partial charge >= 0.3 is 0 Å². The van der Waals surface area contributed by atoms with Gasteiger partial charge in [-0.15, -0.1) is 0 Å². The third-order valence-electron chi connectivity index (χ3n) is 4.05. The summed E-state index contributed by atoms with van der Waals surface area (Å²) in [5.74, 6) is 0.819. The Balaban J connectivity index is 1.53. The lowest BCUT2D eigenvalue weighted by molar-refractivity contribution is -0.119. The molecule has 0 unspecified atom stereocenters. The van der Waals surface area contributed by atoms with Crippen molar-refractivity contribution in [3.8, 4) is 0 Å². The Morgan fingerprint density at radius 2 is 1.75 bits per heavy atom. The van der Waals surface area contributed by atoms with Crippen molar-refractivity contribution in [2.75, 3.05) is 6.54 Å². The molecule has 0 saturated heterocycles. The van der Waals surface area contributed by atoms with Crippen molar-refractivity contribution in [3.63, 3.8) is 0 Å². The largest absolute Gasteiger partial charge is 0.355 e. The summed E-state index contributed by atoms with van der Waals surface area (Å²) in [6.07, 6.45) is 3.31. The SMILES string of the molecule is C[C](Cc1cnc2ccccc2c1)C(=O)NCCc1ccccc1. The molecule has 121 valence electrons. The van der Waals surface area contributed by atoms with Crippen molar-refractivity contribution < 1.29 is 4.79 Å². The zero-order valence-electron chi connectivity index (χ0n) is 13.8. The zero-order chi connectivity index (χ0) is 16.8. The van der Waals surface area contributed by atoms with Gasteiger partial charge in [0.05, 0.1) is 11.4 Å². The molecule has 1 radical (unpaired) electrons. The lowest BCUT2D eigenvalue weighted by Crippen LogP contribution is -2.30. The van der Waals surface area contributed by atoms with Crippen LogP contribution in [-0.4, -0.2) is 17.4 Å². The van der Waals surface area contributed by atoms with Crippen LogP contribution >= 0.6 is 0 Å². The van der Waals surface area contributed by atoms with Gasteiger partial charge in [0.1, 0.15) is 0 Å². The van der Waals surface area contributed by atoms with E-state index in [-0.39, 0.29) is 5.91 Å². The minimum absolute atomic E-state index is 0.0130. The number of hydrogen-bond acceptors (Lipinski definition) is 2. The molecule has 3 heteroatoms. The Kier molecular flexibility index (Phi) is 5.22. The maximum Gasteiger partial charge on any atom is 0.227 e. The predicted molar refractivity (Wildman–Crippen MR) is 97.5 cm³/mol. The van der Waals surface area contributed by atoms with Gasteiger partial charge < -0.3 is 5.32 Å². The number of nitrogens with one attached hydrogen (secondary N) is 1. The minimum Gasteiger partial charge on any atom is -0.355 e. The molecule has 1 aromatic heterocycles. The fraction of sp³-hybridized carbons (Fsp3) is 0.190. The number of nitrogens with zero attached hydrogens (tertiary/aromatic N) is 1. The van der Waals surface area contributed by atoms with Crippen molar-refractivity contribution in [1.82, 2.24) is 10.3 Å². The topological polar surface area (TPSA) is 42.0 Å². The van der Waals surface area contributed by atoms with Crippen LogP contribution in [0, 0.1) is 5.92 Å². The summed E-state index contributed by atoms with van der Waals surface area (Å²) in [6, 6.07) is 20.3. The van der Waals surface area contributed by atoms with Crippen molar-refractivity contribution in [2.45, 2.75) is 19.8 Å². The average molecular weight is 317 g/mol. The van der Waals surface area contributed by atoms with Crippen LogP contribution in [0.1, 0.15) is 18.1 Å². The quantitative estimate of drug-likeness (QED) is 0.752. The van der Waals surface area contributed by atoms with Crippen LogP contribution in [0.5, 0.6) is 0 Å². The Morgan fingerprint density at radius 3 is 2.58 bits per heavy atom. The van der Waals surface area contributed by atoms with Crippen molar-refractivity contribution >= 4 is 16.8 Å². The normalized spacial score (nSPS) is 10.9. The van der Waals surface area contributed by atoms with Crippen LogP contribution in [0.3, 0.4) is 0 Å². The highest BCUT2D eigenvalue weighted by atomic mass is 16.1. The summed E-state index contributed by atoms with van der Waals surface area (Å²) in [4.78, 5) is 16.7. The molecule has 0 aliphatic rings. The average Bonchev–Trinajstić information content (AvgIpc) is 2.62. The number of pyridine rings is 1. The second kappa shape index (κ2) is 7.73. The molecule has 0 aliphatic carbocycles. The Labute approximate surface area is 142 Å². The molecule has 1 amide bonds. The second-order valence-corrected chi connectivity index (χ2v) is 5.98. The molecule has 2 aromatic carbocycles. The first-order valence-corrected chi connectivity index (χ1v) is 8.20. The second-order valence-electron chi connectivity index (χ2n) is 5.98. The molecule has 0 fully saturated rings. The fourth-order valence-electron chi connectivity index (χ4n) is 2.72. The van der Waals surface area contributed by atoms with Crippen molar-refractivity contribution in [2.24, 2.45) is 0 Å². The Bertz CT molecular complexity index is 814. The van der Waals surface area contributed by atoms with Gasteiger partial charge in [-0.2, -0.15) is 0 Å². The number of carbonyl (C=O) groups excluding carboxylic acids is 1. The highest BCUT2D eigenvalue weighted by molar-refractivity contribution is 5.90. The maximum atomic E-state index is 12.2. The molecule has 0 spiro atoms. The summed E-state index contributed by atoms with van der Waals surface area (Å²) in [5.41, 5.74) is 3.27. The number of benzene rings is 2. The van der Waals surface area contributed by atoms with E-state index in [2.05, 4.69) is 28.5 Å². The number of para-hydroxylation sites is 1. The van der Waals surface area contributed by atoms with E-state index in [0.29, 0.717) is 13.0 Å². The predicted octanol–water partition coefficient (Wildman–Crippen LogP) is 3.73. The van der Waals surface area contributed by atoms with Gasteiger partial charge in [0, 0.05) is 18.1 Å². The lowest BCUT2D eigenvalue weighted by atomic mass is 10.0. The molecule has 3 nitrogen and oxygen atoms in total. The van der Waals surface area contributed by atoms with E-state index >= 15 is 0 Å². The van der Waals surface area contributed by atoms with Crippen LogP contribution in [0.2, 0.25) is 0 Å². The first kappa shape index (κ1) is 16.2. The lowest BCUT2D eigenvalue weighted by Gasteiger charge is -2.12.